The standard InChI is InChI=1S/C26H26N4/c1-5-17-6-2-10-20-23(17)19(9-1)27-25(28-20)13-15-26(16-14-25)29-21-11-3-7-18-8-4-12-22(30-26)24(18)21/h1-3,5-11,27-30H,4,12-16H2. The number of benzene rings is 3. The lowest BCUT2D eigenvalue weighted by Crippen LogP contribution is -2.63. The Labute approximate surface area is 176 Å². The molecule has 2 aliphatic heterocycles. The zero-order valence-corrected chi connectivity index (χ0v) is 17.0. The van der Waals surface area contributed by atoms with Crippen LogP contribution in [0.1, 0.15) is 38.5 Å². The van der Waals surface area contributed by atoms with Crippen LogP contribution in [0.2, 0.25) is 0 Å². The molecule has 2 spiro atoms. The van der Waals surface area contributed by atoms with E-state index in [1.54, 1.807) is 0 Å². The average molecular weight is 395 g/mol. The molecule has 4 nitrogen and oxygen atoms in total. The highest BCUT2D eigenvalue weighted by Crippen LogP contribution is 2.45. The summed E-state index contributed by atoms with van der Waals surface area (Å²) in [4.78, 5) is 0. The Morgan fingerprint density at radius 3 is 1.97 bits per heavy atom. The van der Waals surface area contributed by atoms with Crippen LogP contribution < -0.4 is 31.7 Å². The van der Waals surface area contributed by atoms with E-state index in [2.05, 4.69) is 81.9 Å². The maximum Gasteiger partial charge on any atom is 0.108 e. The minimum atomic E-state index is -0.0790. The van der Waals surface area contributed by atoms with Crippen LogP contribution in [0.3, 0.4) is 0 Å². The summed E-state index contributed by atoms with van der Waals surface area (Å²) >= 11 is 0. The normalized spacial score (nSPS) is 21.7. The molecular formula is C26H26N4. The first kappa shape index (κ1) is 16.6. The summed E-state index contributed by atoms with van der Waals surface area (Å²) in [5, 5.41) is 21.0. The Balaban J connectivity index is 1.21. The van der Waals surface area contributed by atoms with E-state index in [-0.39, 0.29) is 11.3 Å². The summed E-state index contributed by atoms with van der Waals surface area (Å²) < 4.78 is 0. The lowest BCUT2D eigenvalue weighted by molar-refractivity contribution is 0.231. The molecule has 0 unspecified atom stereocenters. The van der Waals surface area contributed by atoms with Gasteiger partial charge >= 0.3 is 0 Å². The second kappa shape index (κ2) is 5.72. The number of rotatable bonds is 0. The molecule has 30 heavy (non-hydrogen) atoms. The maximum absolute atomic E-state index is 3.96. The van der Waals surface area contributed by atoms with Crippen molar-refractivity contribution >= 4 is 39.6 Å². The second-order valence-corrected chi connectivity index (χ2v) is 9.36. The summed E-state index contributed by atoms with van der Waals surface area (Å²) in [7, 11) is 0. The van der Waals surface area contributed by atoms with Gasteiger partial charge in [0.15, 0.2) is 0 Å². The minimum Gasteiger partial charge on any atom is -0.366 e. The second-order valence-electron chi connectivity index (χ2n) is 9.36. The van der Waals surface area contributed by atoms with E-state index >= 15 is 0 Å². The van der Waals surface area contributed by atoms with Gasteiger partial charge in [0.25, 0.3) is 0 Å². The molecule has 4 heteroatoms. The molecule has 0 bridgehead atoms. The van der Waals surface area contributed by atoms with Crippen molar-refractivity contribution in [3.05, 3.63) is 65.0 Å². The van der Waals surface area contributed by atoms with E-state index in [1.165, 1.54) is 44.0 Å². The fourth-order valence-corrected chi connectivity index (χ4v) is 6.08. The number of nitrogens with one attached hydrogen (secondary N) is 4. The summed E-state index contributed by atoms with van der Waals surface area (Å²) in [6.45, 7) is 0. The van der Waals surface area contributed by atoms with Gasteiger partial charge in [0.2, 0.25) is 0 Å². The summed E-state index contributed by atoms with van der Waals surface area (Å²) in [5.74, 6) is 0. The molecule has 4 N–H and O–H groups in total. The van der Waals surface area contributed by atoms with Gasteiger partial charge in [-0.25, -0.2) is 0 Å². The van der Waals surface area contributed by atoms with Crippen molar-refractivity contribution in [2.24, 2.45) is 0 Å². The van der Waals surface area contributed by atoms with Crippen molar-refractivity contribution in [2.75, 3.05) is 16.0 Å². The van der Waals surface area contributed by atoms with Crippen LogP contribution in [-0.2, 0) is 0 Å². The molecule has 1 saturated carbocycles. The van der Waals surface area contributed by atoms with Gasteiger partial charge in [-0.3, -0.25) is 0 Å². The Morgan fingerprint density at radius 2 is 1.23 bits per heavy atom. The average Bonchev–Trinajstić information content (AvgIpc) is 2.77. The summed E-state index contributed by atoms with van der Waals surface area (Å²) in [6.07, 6.45) is 8.88. The zero-order valence-electron chi connectivity index (χ0n) is 17.0. The van der Waals surface area contributed by atoms with E-state index in [0.29, 0.717) is 0 Å². The lowest BCUT2D eigenvalue weighted by Gasteiger charge is -2.52. The smallest absolute Gasteiger partial charge is 0.108 e. The molecule has 4 aliphatic rings. The summed E-state index contributed by atoms with van der Waals surface area (Å²) in [5.41, 5.74) is 5.12. The van der Waals surface area contributed by atoms with E-state index in [9.17, 15) is 0 Å². The Kier molecular flexibility index (Phi) is 3.17. The van der Waals surface area contributed by atoms with Gasteiger partial charge in [-0.2, -0.15) is 0 Å². The van der Waals surface area contributed by atoms with Gasteiger partial charge in [0.05, 0.1) is 0 Å². The van der Waals surface area contributed by atoms with Crippen LogP contribution in [0, 0.1) is 0 Å². The SMILES string of the molecule is C1=c2cccc3c2=C(CC1)NC1(CCC2(CC1)Nc1cccc4cccc(c14)N2)N3. The zero-order chi connectivity index (χ0) is 19.8. The molecule has 0 atom stereocenters. The van der Waals surface area contributed by atoms with Gasteiger partial charge in [-0.15, -0.1) is 0 Å². The first-order valence-corrected chi connectivity index (χ1v) is 11.2. The molecule has 0 radical (unpaired) electrons. The Morgan fingerprint density at radius 1 is 0.633 bits per heavy atom. The molecule has 2 aliphatic carbocycles. The largest absolute Gasteiger partial charge is 0.366 e. The van der Waals surface area contributed by atoms with Gasteiger partial charge < -0.3 is 21.3 Å². The van der Waals surface area contributed by atoms with Gasteiger partial charge in [0.1, 0.15) is 11.3 Å². The van der Waals surface area contributed by atoms with Crippen LogP contribution in [0.25, 0.3) is 22.5 Å². The van der Waals surface area contributed by atoms with Crippen LogP contribution in [-0.4, -0.2) is 11.3 Å². The van der Waals surface area contributed by atoms with Crippen molar-refractivity contribution in [1.82, 2.24) is 5.32 Å². The highest BCUT2D eigenvalue weighted by Gasteiger charge is 2.46. The predicted molar refractivity (Wildman–Crippen MR) is 125 cm³/mol. The van der Waals surface area contributed by atoms with Gasteiger partial charge in [0, 0.05) is 33.4 Å². The van der Waals surface area contributed by atoms with Crippen LogP contribution in [0.4, 0.5) is 17.1 Å². The minimum absolute atomic E-state index is 0.0458. The molecule has 2 heterocycles. The predicted octanol–water partition coefficient (Wildman–Crippen LogP) is 4.04. The molecule has 3 aromatic carbocycles. The number of hydrogen-bond donors (Lipinski definition) is 4. The van der Waals surface area contributed by atoms with Crippen LogP contribution in [0.15, 0.2) is 54.6 Å². The first-order chi connectivity index (χ1) is 14.7. The van der Waals surface area contributed by atoms with Crippen molar-refractivity contribution in [2.45, 2.75) is 49.9 Å². The third-order valence-electron chi connectivity index (χ3n) is 7.53. The van der Waals surface area contributed by atoms with E-state index in [1.807, 2.05) is 0 Å². The fraction of sp³-hybridized carbons (Fsp3) is 0.308. The first-order valence-electron chi connectivity index (χ1n) is 11.2. The highest BCUT2D eigenvalue weighted by molar-refractivity contribution is 6.05. The van der Waals surface area contributed by atoms with Crippen molar-refractivity contribution < 1.29 is 0 Å². The van der Waals surface area contributed by atoms with Crippen LogP contribution in [0.5, 0.6) is 0 Å². The number of anilines is 3. The molecular weight excluding hydrogens is 368 g/mol. The van der Waals surface area contributed by atoms with Crippen molar-refractivity contribution in [1.29, 1.82) is 0 Å². The van der Waals surface area contributed by atoms with Gasteiger partial charge in [-0.05, 0) is 67.3 Å². The molecule has 7 rings (SSSR count). The maximum atomic E-state index is 3.96. The van der Waals surface area contributed by atoms with E-state index < -0.39 is 0 Å². The van der Waals surface area contributed by atoms with Gasteiger partial charge in [-0.1, -0.05) is 42.5 Å². The molecule has 0 amide bonds. The lowest BCUT2D eigenvalue weighted by atomic mass is 9.78. The van der Waals surface area contributed by atoms with Crippen molar-refractivity contribution in [3.8, 4) is 0 Å². The third kappa shape index (κ3) is 2.28. The molecule has 150 valence electrons. The van der Waals surface area contributed by atoms with Crippen LogP contribution >= 0.6 is 0 Å². The topological polar surface area (TPSA) is 48.1 Å². The fourth-order valence-electron chi connectivity index (χ4n) is 6.08. The Bertz CT molecular complexity index is 1270. The van der Waals surface area contributed by atoms with E-state index in [0.717, 1.165) is 38.5 Å². The molecule has 0 aromatic heterocycles. The quantitative estimate of drug-likeness (QED) is 0.465. The molecule has 3 aromatic rings. The van der Waals surface area contributed by atoms with Crippen molar-refractivity contribution in [3.63, 3.8) is 0 Å². The Hall–Kier alpha value is -3.14. The third-order valence-corrected chi connectivity index (χ3v) is 7.53. The van der Waals surface area contributed by atoms with E-state index in [4.69, 9.17) is 0 Å². The molecule has 0 saturated heterocycles. The molecule has 1 fully saturated rings. The highest BCUT2D eigenvalue weighted by atomic mass is 15.3. The number of hydrogen-bond acceptors (Lipinski definition) is 4. The summed E-state index contributed by atoms with van der Waals surface area (Å²) in [6, 6.07) is 19.8. The monoisotopic (exact) mass is 394 g/mol.